The molecule has 0 aromatic carbocycles. The smallest absolute Gasteiger partial charge is 0.220 e. The van der Waals surface area contributed by atoms with Gasteiger partial charge in [0, 0.05) is 6.42 Å². The predicted molar refractivity (Wildman–Crippen MR) is 341 cm³/mol. The molecule has 0 aliphatic rings. The number of aliphatic hydroxyl groups is 2. The van der Waals surface area contributed by atoms with Crippen LogP contribution in [0, 0.1) is 0 Å². The molecule has 0 fully saturated rings. The molecule has 0 bridgehead atoms. The van der Waals surface area contributed by atoms with E-state index in [1.165, 1.54) is 327 Å². The summed E-state index contributed by atoms with van der Waals surface area (Å²) >= 11 is 0. The second-order valence-corrected chi connectivity index (χ2v) is 23.9. The van der Waals surface area contributed by atoms with E-state index in [9.17, 15) is 15.0 Å². The van der Waals surface area contributed by atoms with Gasteiger partial charge in [0.2, 0.25) is 5.91 Å². The number of nitrogens with one attached hydrogen (secondary N) is 1. The molecule has 3 N–H and O–H groups in total. The zero-order valence-corrected chi connectivity index (χ0v) is 51.8. The lowest BCUT2D eigenvalue weighted by atomic mass is 10.0. The molecule has 0 aliphatic carbocycles. The Morgan fingerprint density at radius 1 is 0.303 bits per heavy atom. The minimum atomic E-state index is -0.871. The zero-order chi connectivity index (χ0) is 54.8. The van der Waals surface area contributed by atoms with Gasteiger partial charge in [0.15, 0.2) is 0 Å². The first-order chi connectivity index (χ1) is 37.7. The second-order valence-electron chi connectivity index (χ2n) is 23.9. The first-order valence-electron chi connectivity index (χ1n) is 34.9. The molecular weight excluding hydrogens is 927 g/mol. The van der Waals surface area contributed by atoms with E-state index in [-0.39, 0.29) is 12.5 Å². The van der Waals surface area contributed by atoms with Crippen LogP contribution < -0.4 is 5.32 Å². The fourth-order valence-corrected chi connectivity index (χ4v) is 11.0. The lowest BCUT2D eigenvalue weighted by Crippen LogP contribution is -2.45. The van der Waals surface area contributed by atoms with Gasteiger partial charge < -0.3 is 15.5 Å². The Bertz CT molecular complexity index is 1210. The minimum absolute atomic E-state index is 0.0707. The second kappa shape index (κ2) is 67.6. The molecule has 0 spiro atoms. The largest absolute Gasteiger partial charge is 0.394 e. The van der Waals surface area contributed by atoms with E-state index in [4.69, 9.17) is 0 Å². The van der Waals surface area contributed by atoms with Crippen LogP contribution in [0.2, 0.25) is 0 Å². The van der Waals surface area contributed by atoms with Gasteiger partial charge in [-0.15, -0.1) is 0 Å². The maximum absolute atomic E-state index is 12.5. The monoisotopic (exact) mass is 1060 g/mol. The van der Waals surface area contributed by atoms with Gasteiger partial charge in [-0.25, -0.2) is 0 Å². The summed E-state index contributed by atoms with van der Waals surface area (Å²) in [4.78, 5) is 12.5. The van der Waals surface area contributed by atoms with Crippen molar-refractivity contribution in [2.45, 2.75) is 398 Å². The van der Waals surface area contributed by atoms with Gasteiger partial charge in [-0.2, -0.15) is 0 Å². The summed E-state index contributed by atoms with van der Waals surface area (Å²) in [5, 5.41) is 23.2. The molecule has 76 heavy (non-hydrogen) atoms. The van der Waals surface area contributed by atoms with E-state index in [2.05, 4.69) is 55.6 Å². The molecule has 0 saturated heterocycles. The van der Waals surface area contributed by atoms with Crippen LogP contribution in [0.1, 0.15) is 386 Å². The van der Waals surface area contributed by atoms with E-state index in [1.54, 1.807) is 6.08 Å². The predicted octanol–water partition coefficient (Wildman–Crippen LogP) is 23.7. The number of carbonyl (C=O) groups is 1. The summed E-state index contributed by atoms with van der Waals surface area (Å²) in [6.07, 6.45) is 95.0. The molecular formula is C72H137NO3. The van der Waals surface area contributed by atoms with Gasteiger partial charge in [0.1, 0.15) is 0 Å². The number of amides is 1. The van der Waals surface area contributed by atoms with Crippen LogP contribution in [0.4, 0.5) is 0 Å². The van der Waals surface area contributed by atoms with E-state index in [0.717, 1.165) is 38.5 Å². The first kappa shape index (κ1) is 74.3. The highest BCUT2D eigenvalue weighted by molar-refractivity contribution is 5.76. The Kier molecular flexibility index (Phi) is 66.2. The van der Waals surface area contributed by atoms with Gasteiger partial charge in [-0.1, -0.05) is 358 Å². The summed E-state index contributed by atoms with van der Waals surface area (Å²) in [6, 6.07) is -0.646. The average Bonchev–Trinajstić information content (AvgIpc) is 3.42. The molecule has 4 nitrogen and oxygen atoms in total. The zero-order valence-electron chi connectivity index (χ0n) is 51.8. The van der Waals surface area contributed by atoms with Crippen LogP contribution >= 0.6 is 0 Å². The molecule has 2 unspecified atom stereocenters. The van der Waals surface area contributed by atoms with Crippen molar-refractivity contribution in [3.8, 4) is 0 Å². The van der Waals surface area contributed by atoms with Gasteiger partial charge >= 0.3 is 0 Å². The van der Waals surface area contributed by atoms with Crippen molar-refractivity contribution in [2.24, 2.45) is 0 Å². The standard InChI is InChI=1S/C72H137NO3/c1-3-5-7-9-11-13-15-17-19-21-23-25-27-28-29-30-31-32-33-34-35-36-37-38-39-40-41-42-43-44-46-48-50-52-54-56-58-60-62-64-66-68-72(76)73-70(69-74)71(75)67-65-63-61-59-57-55-53-51-49-47-45-26-24-22-20-18-16-14-12-10-8-6-4-2/h21,23,49,51,57,59,65,67,70-71,74-75H,3-20,22,24-48,50,52-56,58,60-64,66,68-69H2,1-2H3,(H,73,76)/b23-21-,51-49+,59-57+,67-65+. The Balaban J connectivity index is 3.42. The fourth-order valence-electron chi connectivity index (χ4n) is 11.0. The third kappa shape index (κ3) is 63.2. The van der Waals surface area contributed by atoms with Gasteiger partial charge in [0.05, 0.1) is 18.8 Å². The van der Waals surface area contributed by atoms with Crippen molar-refractivity contribution >= 4 is 5.91 Å². The molecule has 0 aromatic heterocycles. The number of hydrogen-bond donors (Lipinski definition) is 3. The highest BCUT2D eigenvalue weighted by Crippen LogP contribution is 2.19. The Labute approximate surface area is 477 Å². The summed E-state index contributed by atoms with van der Waals surface area (Å²) in [6.45, 7) is 4.33. The van der Waals surface area contributed by atoms with Gasteiger partial charge in [-0.3, -0.25) is 4.79 Å². The summed E-state index contributed by atoms with van der Waals surface area (Å²) in [7, 11) is 0. The number of carbonyl (C=O) groups excluding carboxylic acids is 1. The number of aliphatic hydroxyl groups excluding tert-OH is 2. The van der Waals surface area contributed by atoms with Crippen LogP contribution in [-0.4, -0.2) is 34.9 Å². The Hall–Kier alpha value is -1.65. The Morgan fingerprint density at radius 3 is 0.763 bits per heavy atom. The van der Waals surface area contributed by atoms with Crippen LogP contribution in [0.15, 0.2) is 48.6 Å². The highest BCUT2D eigenvalue weighted by Gasteiger charge is 2.18. The van der Waals surface area contributed by atoms with Crippen LogP contribution in [-0.2, 0) is 4.79 Å². The molecule has 0 aromatic rings. The van der Waals surface area contributed by atoms with Crippen LogP contribution in [0.3, 0.4) is 0 Å². The normalized spacial score (nSPS) is 12.9. The van der Waals surface area contributed by atoms with Crippen LogP contribution in [0.5, 0.6) is 0 Å². The molecule has 0 aliphatic heterocycles. The number of allylic oxidation sites excluding steroid dienone is 7. The summed E-state index contributed by atoms with van der Waals surface area (Å²) in [5.41, 5.74) is 0. The maximum atomic E-state index is 12.5. The first-order valence-corrected chi connectivity index (χ1v) is 34.9. The maximum Gasteiger partial charge on any atom is 0.220 e. The molecule has 1 amide bonds. The fraction of sp³-hybridized carbons (Fsp3) is 0.875. The van der Waals surface area contributed by atoms with Crippen molar-refractivity contribution in [3.63, 3.8) is 0 Å². The molecule has 2 atom stereocenters. The molecule has 448 valence electrons. The number of unbranched alkanes of at least 4 members (excludes halogenated alkanes) is 52. The SMILES string of the molecule is CCCCCCCCCC/C=C\CCCCCCCCCCCCCCCCCCCCCCCCCCCCCCCC(=O)NC(CO)C(O)/C=C/CC/C=C/CC/C=C/CCCCCCCCCCCCCCC. The average molecular weight is 1060 g/mol. The van der Waals surface area contributed by atoms with Crippen molar-refractivity contribution in [2.75, 3.05) is 6.61 Å². The van der Waals surface area contributed by atoms with E-state index in [1.807, 2.05) is 6.08 Å². The van der Waals surface area contributed by atoms with Gasteiger partial charge in [-0.05, 0) is 70.6 Å². The summed E-state index contributed by atoms with van der Waals surface area (Å²) in [5.74, 6) is -0.0707. The topological polar surface area (TPSA) is 69.6 Å². The lowest BCUT2D eigenvalue weighted by Gasteiger charge is -2.19. The molecule has 0 rings (SSSR count). The third-order valence-corrected chi connectivity index (χ3v) is 16.3. The van der Waals surface area contributed by atoms with Gasteiger partial charge in [0.25, 0.3) is 0 Å². The minimum Gasteiger partial charge on any atom is -0.394 e. The van der Waals surface area contributed by atoms with Crippen molar-refractivity contribution in [3.05, 3.63) is 48.6 Å². The molecule has 4 heteroatoms. The third-order valence-electron chi connectivity index (χ3n) is 16.3. The van der Waals surface area contributed by atoms with E-state index >= 15 is 0 Å². The van der Waals surface area contributed by atoms with Crippen molar-refractivity contribution in [1.29, 1.82) is 0 Å². The molecule has 0 heterocycles. The lowest BCUT2D eigenvalue weighted by molar-refractivity contribution is -0.123. The highest BCUT2D eigenvalue weighted by atomic mass is 16.3. The quantitative estimate of drug-likeness (QED) is 0.0420. The van der Waals surface area contributed by atoms with Crippen molar-refractivity contribution in [1.82, 2.24) is 5.32 Å². The molecule has 0 radical (unpaired) electrons. The molecule has 0 saturated carbocycles. The van der Waals surface area contributed by atoms with E-state index < -0.39 is 12.1 Å². The summed E-state index contributed by atoms with van der Waals surface area (Å²) < 4.78 is 0. The number of hydrogen-bond acceptors (Lipinski definition) is 3. The number of rotatable bonds is 65. The van der Waals surface area contributed by atoms with Crippen LogP contribution in [0.25, 0.3) is 0 Å². The van der Waals surface area contributed by atoms with Crippen molar-refractivity contribution < 1.29 is 15.0 Å². The Morgan fingerprint density at radius 2 is 0.513 bits per heavy atom. The van der Waals surface area contributed by atoms with E-state index in [0.29, 0.717) is 6.42 Å².